The summed E-state index contributed by atoms with van der Waals surface area (Å²) in [6.45, 7) is -0.416. The van der Waals surface area contributed by atoms with Crippen LogP contribution < -0.4 is 10.1 Å². The Labute approximate surface area is 116 Å². The highest BCUT2D eigenvalue weighted by molar-refractivity contribution is 5.94. The van der Waals surface area contributed by atoms with Crippen molar-refractivity contribution >= 4 is 17.6 Å². The minimum absolute atomic E-state index is 0.0172. The second-order valence-corrected chi connectivity index (χ2v) is 5.59. The van der Waals surface area contributed by atoms with E-state index < -0.39 is 12.6 Å². The highest BCUT2D eigenvalue weighted by Gasteiger charge is 2.48. The number of nitrogens with one attached hydrogen (secondary N) is 1. The molecule has 2 unspecified atom stereocenters. The van der Waals surface area contributed by atoms with Crippen LogP contribution >= 0.6 is 0 Å². The van der Waals surface area contributed by atoms with E-state index in [1.54, 1.807) is 24.3 Å². The number of aliphatic carboxylic acids is 1. The SMILES string of the molecule is O=C(O)COc1ccccc1NC(=O)C1CC2CC2C1. The molecule has 2 saturated carbocycles. The van der Waals surface area contributed by atoms with Crippen molar-refractivity contribution in [1.82, 2.24) is 0 Å². The first-order chi connectivity index (χ1) is 9.63. The van der Waals surface area contributed by atoms with Gasteiger partial charge in [-0.2, -0.15) is 0 Å². The van der Waals surface area contributed by atoms with Crippen molar-refractivity contribution in [2.24, 2.45) is 17.8 Å². The normalized spacial score (nSPS) is 26.7. The molecule has 0 aromatic heterocycles. The fraction of sp³-hybridized carbons (Fsp3) is 0.467. The number of fused-ring (bicyclic) bond motifs is 1. The number of ether oxygens (including phenoxy) is 1. The molecule has 0 heterocycles. The van der Waals surface area contributed by atoms with E-state index in [9.17, 15) is 9.59 Å². The Balaban J connectivity index is 1.63. The Bertz CT molecular complexity index is 532. The predicted octanol–water partition coefficient (Wildman–Crippen LogP) is 2.13. The first-order valence-corrected chi connectivity index (χ1v) is 6.88. The zero-order valence-electron chi connectivity index (χ0n) is 11.0. The maximum Gasteiger partial charge on any atom is 0.341 e. The number of carboxylic acid groups (broad SMARTS) is 1. The van der Waals surface area contributed by atoms with E-state index in [0.29, 0.717) is 11.4 Å². The molecule has 1 amide bonds. The van der Waals surface area contributed by atoms with Crippen molar-refractivity contribution in [3.63, 3.8) is 0 Å². The van der Waals surface area contributed by atoms with E-state index in [2.05, 4.69) is 5.32 Å². The maximum absolute atomic E-state index is 12.2. The number of para-hydroxylation sites is 2. The van der Waals surface area contributed by atoms with Crippen LogP contribution in [0.5, 0.6) is 5.75 Å². The number of amides is 1. The van der Waals surface area contributed by atoms with Crippen LogP contribution in [0.2, 0.25) is 0 Å². The molecule has 2 atom stereocenters. The van der Waals surface area contributed by atoms with E-state index in [1.165, 1.54) is 6.42 Å². The van der Waals surface area contributed by atoms with Crippen molar-refractivity contribution in [1.29, 1.82) is 0 Å². The first-order valence-electron chi connectivity index (χ1n) is 6.88. The first kappa shape index (κ1) is 13.0. The third-order valence-electron chi connectivity index (χ3n) is 4.11. The molecule has 2 N–H and O–H groups in total. The second-order valence-electron chi connectivity index (χ2n) is 5.59. The van der Waals surface area contributed by atoms with Gasteiger partial charge in [0, 0.05) is 5.92 Å². The second kappa shape index (κ2) is 5.15. The zero-order chi connectivity index (χ0) is 14.1. The Morgan fingerprint density at radius 1 is 1.20 bits per heavy atom. The Kier molecular flexibility index (Phi) is 3.34. The summed E-state index contributed by atoms with van der Waals surface area (Å²) in [6, 6.07) is 6.92. The quantitative estimate of drug-likeness (QED) is 0.863. The molecular formula is C15H17NO4. The van der Waals surface area contributed by atoms with Gasteiger partial charge in [-0.3, -0.25) is 4.79 Å². The van der Waals surface area contributed by atoms with Crippen molar-refractivity contribution < 1.29 is 19.4 Å². The van der Waals surface area contributed by atoms with E-state index in [0.717, 1.165) is 24.7 Å². The van der Waals surface area contributed by atoms with Crippen LogP contribution in [0.15, 0.2) is 24.3 Å². The summed E-state index contributed by atoms with van der Waals surface area (Å²) in [5, 5.41) is 11.5. The fourth-order valence-electron chi connectivity index (χ4n) is 3.00. The Hall–Kier alpha value is -2.04. The van der Waals surface area contributed by atoms with Gasteiger partial charge in [-0.1, -0.05) is 12.1 Å². The number of rotatable bonds is 5. The number of carbonyl (C=O) groups excluding carboxylic acids is 1. The highest BCUT2D eigenvalue weighted by atomic mass is 16.5. The molecule has 0 spiro atoms. The zero-order valence-corrected chi connectivity index (χ0v) is 11.0. The molecule has 20 heavy (non-hydrogen) atoms. The summed E-state index contributed by atoms with van der Waals surface area (Å²) < 4.78 is 5.18. The summed E-state index contributed by atoms with van der Waals surface area (Å²) in [6.07, 6.45) is 3.24. The van der Waals surface area contributed by atoms with Gasteiger partial charge in [0.05, 0.1) is 5.69 Å². The van der Waals surface area contributed by atoms with Crippen LogP contribution in [0, 0.1) is 17.8 Å². The predicted molar refractivity (Wildman–Crippen MR) is 72.5 cm³/mol. The van der Waals surface area contributed by atoms with Crippen LogP contribution in [0.1, 0.15) is 19.3 Å². The van der Waals surface area contributed by atoms with Gasteiger partial charge in [-0.25, -0.2) is 4.79 Å². The molecule has 0 bridgehead atoms. The number of hydrogen-bond donors (Lipinski definition) is 2. The van der Waals surface area contributed by atoms with Gasteiger partial charge in [0.2, 0.25) is 5.91 Å². The topological polar surface area (TPSA) is 75.6 Å². The van der Waals surface area contributed by atoms with Crippen molar-refractivity contribution in [2.75, 3.05) is 11.9 Å². The lowest BCUT2D eigenvalue weighted by molar-refractivity contribution is -0.139. The van der Waals surface area contributed by atoms with Crippen LogP contribution in [-0.2, 0) is 9.59 Å². The third kappa shape index (κ3) is 2.76. The molecule has 0 saturated heterocycles. The molecule has 1 aromatic carbocycles. The molecule has 106 valence electrons. The van der Waals surface area contributed by atoms with Gasteiger partial charge in [-0.05, 0) is 43.2 Å². The lowest BCUT2D eigenvalue weighted by atomic mass is 10.0. The third-order valence-corrected chi connectivity index (χ3v) is 4.11. The number of hydrogen-bond acceptors (Lipinski definition) is 3. The molecular weight excluding hydrogens is 258 g/mol. The van der Waals surface area contributed by atoms with Gasteiger partial charge in [0.25, 0.3) is 0 Å². The monoisotopic (exact) mass is 275 g/mol. The summed E-state index contributed by atoms with van der Waals surface area (Å²) in [4.78, 5) is 22.7. The standard InChI is InChI=1S/C15H17NO4/c17-14(18)8-20-13-4-2-1-3-12(13)16-15(19)11-6-9-5-10(9)7-11/h1-4,9-11H,5-8H2,(H,16,19)(H,17,18). The molecule has 1 aromatic rings. The number of carbonyl (C=O) groups is 2. The van der Waals surface area contributed by atoms with Gasteiger partial charge >= 0.3 is 5.97 Å². The summed E-state index contributed by atoms with van der Waals surface area (Å²) in [5.41, 5.74) is 0.541. The van der Waals surface area contributed by atoms with Gasteiger partial charge in [0.15, 0.2) is 6.61 Å². The van der Waals surface area contributed by atoms with Crippen LogP contribution in [0.4, 0.5) is 5.69 Å². The maximum atomic E-state index is 12.2. The van der Waals surface area contributed by atoms with Crippen molar-refractivity contribution in [3.05, 3.63) is 24.3 Å². The number of anilines is 1. The van der Waals surface area contributed by atoms with Crippen LogP contribution in [-0.4, -0.2) is 23.6 Å². The smallest absolute Gasteiger partial charge is 0.341 e. The highest BCUT2D eigenvalue weighted by Crippen LogP contribution is 2.54. The largest absolute Gasteiger partial charge is 0.480 e. The van der Waals surface area contributed by atoms with Gasteiger partial charge < -0.3 is 15.2 Å². The van der Waals surface area contributed by atoms with Crippen molar-refractivity contribution in [3.8, 4) is 5.75 Å². The molecule has 3 rings (SSSR count). The van der Waals surface area contributed by atoms with E-state index in [-0.39, 0.29) is 11.8 Å². The fourth-order valence-corrected chi connectivity index (χ4v) is 3.00. The average Bonchev–Trinajstić information content (AvgIpc) is 3.04. The number of carboxylic acids is 1. The molecule has 5 heteroatoms. The minimum atomic E-state index is -1.04. The number of benzene rings is 1. The van der Waals surface area contributed by atoms with E-state index in [1.807, 2.05) is 0 Å². The minimum Gasteiger partial charge on any atom is -0.480 e. The summed E-state index contributed by atoms with van der Waals surface area (Å²) in [7, 11) is 0. The van der Waals surface area contributed by atoms with Crippen LogP contribution in [0.3, 0.4) is 0 Å². The lowest BCUT2D eigenvalue weighted by Gasteiger charge is -2.15. The average molecular weight is 275 g/mol. The molecule has 0 radical (unpaired) electrons. The molecule has 2 fully saturated rings. The van der Waals surface area contributed by atoms with Crippen molar-refractivity contribution in [2.45, 2.75) is 19.3 Å². The Morgan fingerprint density at radius 2 is 1.90 bits per heavy atom. The summed E-state index contributed by atoms with van der Waals surface area (Å²) in [5.74, 6) is 0.969. The summed E-state index contributed by atoms with van der Waals surface area (Å²) >= 11 is 0. The van der Waals surface area contributed by atoms with Crippen LogP contribution in [0.25, 0.3) is 0 Å². The molecule has 2 aliphatic carbocycles. The molecule has 0 aliphatic heterocycles. The molecule has 2 aliphatic rings. The van der Waals surface area contributed by atoms with E-state index in [4.69, 9.17) is 9.84 Å². The Morgan fingerprint density at radius 3 is 2.60 bits per heavy atom. The van der Waals surface area contributed by atoms with E-state index >= 15 is 0 Å². The van der Waals surface area contributed by atoms with Gasteiger partial charge in [-0.15, -0.1) is 0 Å². The lowest BCUT2D eigenvalue weighted by Crippen LogP contribution is -2.22. The molecule has 5 nitrogen and oxygen atoms in total. The van der Waals surface area contributed by atoms with Gasteiger partial charge in [0.1, 0.15) is 5.75 Å².